The lowest BCUT2D eigenvalue weighted by Gasteiger charge is -2.06. The first-order valence-corrected chi connectivity index (χ1v) is 4.93. The predicted molar refractivity (Wildman–Crippen MR) is 51.6 cm³/mol. The molecule has 0 rings (SSSR count). The van der Waals surface area contributed by atoms with Gasteiger partial charge in [0.05, 0.1) is 18.6 Å². The Kier molecular flexibility index (Phi) is 7.86. The molecule has 0 aliphatic heterocycles. The Morgan fingerprint density at radius 3 is 2.50 bits per heavy atom. The van der Waals surface area contributed by atoms with E-state index in [2.05, 4.69) is 6.07 Å². The van der Waals surface area contributed by atoms with Crippen molar-refractivity contribution in [2.75, 3.05) is 0 Å². The van der Waals surface area contributed by atoms with E-state index in [1.807, 2.05) is 0 Å². The van der Waals surface area contributed by atoms with Crippen molar-refractivity contribution in [3.05, 3.63) is 0 Å². The number of aliphatic hydroxyl groups is 1. The summed E-state index contributed by atoms with van der Waals surface area (Å²) in [6, 6.07) is 2.07. The van der Waals surface area contributed by atoms with E-state index in [0.29, 0.717) is 12.8 Å². The minimum Gasteiger partial charge on any atom is -0.481 e. The summed E-state index contributed by atoms with van der Waals surface area (Å²) in [5, 5.41) is 25.8. The fourth-order valence-corrected chi connectivity index (χ4v) is 1.24. The highest BCUT2D eigenvalue weighted by atomic mass is 16.4. The maximum Gasteiger partial charge on any atom is 0.305 e. The van der Waals surface area contributed by atoms with Crippen molar-refractivity contribution in [2.24, 2.45) is 0 Å². The largest absolute Gasteiger partial charge is 0.481 e. The summed E-state index contributed by atoms with van der Waals surface area (Å²) in [4.78, 5) is 10.2. The molecule has 2 N–H and O–H groups in total. The van der Waals surface area contributed by atoms with Crippen LogP contribution in [0.3, 0.4) is 0 Å². The van der Waals surface area contributed by atoms with Crippen molar-refractivity contribution in [3.8, 4) is 6.07 Å². The summed E-state index contributed by atoms with van der Waals surface area (Å²) in [6.45, 7) is 0. The Balaban J connectivity index is 3.19. The van der Waals surface area contributed by atoms with Crippen molar-refractivity contribution in [1.29, 1.82) is 5.26 Å². The third-order valence-electron chi connectivity index (χ3n) is 1.99. The number of hydrogen-bond donors (Lipinski definition) is 2. The van der Waals surface area contributed by atoms with Crippen molar-refractivity contribution in [3.63, 3.8) is 0 Å². The van der Waals surface area contributed by atoms with Gasteiger partial charge >= 0.3 is 5.97 Å². The summed E-state index contributed by atoms with van der Waals surface area (Å²) >= 11 is 0. The minimum atomic E-state index is -0.956. The fourth-order valence-electron chi connectivity index (χ4n) is 1.24. The Hall–Kier alpha value is -1.08. The summed E-state index contributed by atoms with van der Waals surface area (Å²) in [5.41, 5.74) is 0. The van der Waals surface area contributed by atoms with E-state index in [1.54, 1.807) is 0 Å². The third kappa shape index (κ3) is 9.01. The van der Waals surface area contributed by atoms with Gasteiger partial charge in [0.15, 0.2) is 0 Å². The van der Waals surface area contributed by atoms with Crippen molar-refractivity contribution in [2.45, 2.75) is 51.0 Å². The molecule has 0 aromatic rings. The Labute approximate surface area is 84.2 Å². The van der Waals surface area contributed by atoms with E-state index in [9.17, 15) is 9.90 Å². The second kappa shape index (κ2) is 8.52. The Bertz CT molecular complexity index is 198. The van der Waals surface area contributed by atoms with Crippen LogP contribution in [0.2, 0.25) is 0 Å². The maximum absolute atomic E-state index is 10.2. The number of rotatable bonds is 8. The molecular weight excluding hydrogens is 182 g/mol. The molecule has 0 aromatic heterocycles. The van der Waals surface area contributed by atoms with Crippen LogP contribution in [0.4, 0.5) is 0 Å². The third-order valence-corrected chi connectivity index (χ3v) is 1.99. The van der Waals surface area contributed by atoms with Crippen LogP contribution >= 0.6 is 0 Å². The smallest absolute Gasteiger partial charge is 0.305 e. The van der Waals surface area contributed by atoms with Gasteiger partial charge in [-0.15, -0.1) is 0 Å². The Morgan fingerprint density at radius 1 is 1.29 bits per heavy atom. The molecule has 1 unspecified atom stereocenters. The second-order valence-corrected chi connectivity index (χ2v) is 3.36. The number of aliphatic hydroxyl groups excluding tert-OH is 1. The van der Waals surface area contributed by atoms with Crippen LogP contribution in [0, 0.1) is 11.3 Å². The molecule has 4 nitrogen and oxygen atoms in total. The average Bonchev–Trinajstić information content (AvgIpc) is 2.10. The van der Waals surface area contributed by atoms with Crippen LogP contribution in [-0.2, 0) is 4.79 Å². The number of hydrogen-bond acceptors (Lipinski definition) is 3. The highest BCUT2D eigenvalue weighted by molar-refractivity contribution is 5.67. The van der Waals surface area contributed by atoms with E-state index in [1.165, 1.54) is 0 Å². The normalized spacial score (nSPS) is 12.0. The molecule has 1 atom stereocenters. The van der Waals surface area contributed by atoms with Crippen molar-refractivity contribution < 1.29 is 15.0 Å². The molecule has 80 valence electrons. The lowest BCUT2D eigenvalue weighted by atomic mass is 10.1. The molecule has 0 heterocycles. The SMILES string of the molecule is N#CCCCCCCC(O)CC(=O)O. The molecule has 0 bridgehead atoms. The first kappa shape index (κ1) is 12.9. The van der Waals surface area contributed by atoms with Crippen molar-refractivity contribution >= 4 is 5.97 Å². The maximum atomic E-state index is 10.2. The van der Waals surface area contributed by atoms with E-state index >= 15 is 0 Å². The van der Waals surface area contributed by atoms with Gasteiger partial charge < -0.3 is 10.2 Å². The number of unbranched alkanes of at least 4 members (excludes halogenated alkanes) is 4. The molecule has 14 heavy (non-hydrogen) atoms. The van der Waals surface area contributed by atoms with E-state index in [-0.39, 0.29) is 6.42 Å². The van der Waals surface area contributed by atoms with E-state index in [0.717, 1.165) is 25.7 Å². The molecule has 0 aliphatic carbocycles. The molecule has 0 radical (unpaired) electrons. The quantitative estimate of drug-likeness (QED) is 0.583. The molecule has 0 spiro atoms. The molecule has 0 fully saturated rings. The first-order chi connectivity index (χ1) is 6.66. The Morgan fingerprint density at radius 2 is 1.93 bits per heavy atom. The van der Waals surface area contributed by atoms with Crippen LogP contribution in [-0.4, -0.2) is 22.3 Å². The molecule has 0 aromatic carbocycles. The van der Waals surface area contributed by atoms with Gasteiger partial charge in [0.1, 0.15) is 0 Å². The van der Waals surface area contributed by atoms with Crippen LogP contribution in [0.25, 0.3) is 0 Å². The molecule has 4 heteroatoms. The van der Waals surface area contributed by atoms with Gasteiger partial charge in [0.2, 0.25) is 0 Å². The van der Waals surface area contributed by atoms with Crippen LogP contribution in [0.1, 0.15) is 44.9 Å². The van der Waals surface area contributed by atoms with Crippen LogP contribution in [0.15, 0.2) is 0 Å². The second-order valence-electron chi connectivity index (χ2n) is 3.36. The average molecular weight is 199 g/mol. The molecule has 0 saturated heterocycles. The number of nitrogens with zero attached hydrogens (tertiary/aromatic N) is 1. The van der Waals surface area contributed by atoms with Gasteiger partial charge in [-0.3, -0.25) is 4.79 Å². The summed E-state index contributed by atoms with van der Waals surface area (Å²) in [7, 11) is 0. The highest BCUT2D eigenvalue weighted by Crippen LogP contribution is 2.08. The fraction of sp³-hybridized carbons (Fsp3) is 0.800. The predicted octanol–water partition coefficient (Wildman–Crippen LogP) is 1.69. The molecular formula is C10H17NO3. The minimum absolute atomic E-state index is 0.168. The molecule has 0 aliphatic rings. The lowest BCUT2D eigenvalue weighted by Crippen LogP contribution is -2.12. The number of carbonyl (C=O) groups is 1. The highest BCUT2D eigenvalue weighted by Gasteiger charge is 2.08. The van der Waals surface area contributed by atoms with Gasteiger partial charge in [0.25, 0.3) is 0 Å². The van der Waals surface area contributed by atoms with Gasteiger partial charge in [-0.1, -0.05) is 19.3 Å². The number of carboxylic acids is 1. The number of carboxylic acid groups (broad SMARTS) is 1. The van der Waals surface area contributed by atoms with Crippen LogP contribution < -0.4 is 0 Å². The zero-order valence-corrected chi connectivity index (χ0v) is 8.28. The van der Waals surface area contributed by atoms with Crippen molar-refractivity contribution in [1.82, 2.24) is 0 Å². The van der Waals surface area contributed by atoms with Gasteiger partial charge in [-0.25, -0.2) is 0 Å². The zero-order valence-electron chi connectivity index (χ0n) is 8.28. The molecule has 0 saturated carbocycles. The standard InChI is InChI=1S/C10H17NO3/c11-7-5-3-1-2-4-6-9(12)8-10(13)14/h9,12H,1-6,8H2,(H,13,14). The van der Waals surface area contributed by atoms with Gasteiger partial charge in [0, 0.05) is 6.42 Å². The summed E-state index contributed by atoms with van der Waals surface area (Å²) < 4.78 is 0. The monoisotopic (exact) mass is 199 g/mol. The van der Waals surface area contributed by atoms with E-state index in [4.69, 9.17) is 10.4 Å². The summed E-state index contributed by atoms with van der Waals surface area (Å²) in [5.74, 6) is -0.956. The van der Waals surface area contributed by atoms with Gasteiger partial charge in [-0.05, 0) is 12.8 Å². The molecule has 0 amide bonds. The topological polar surface area (TPSA) is 81.3 Å². The number of nitriles is 1. The first-order valence-electron chi connectivity index (χ1n) is 4.93. The van der Waals surface area contributed by atoms with Gasteiger partial charge in [-0.2, -0.15) is 5.26 Å². The lowest BCUT2D eigenvalue weighted by molar-refractivity contribution is -0.139. The summed E-state index contributed by atoms with van der Waals surface area (Å²) in [6.07, 6.45) is 3.90. The van der Waals surface area contributed by atoms with E-state index < -0.39 is 12.1 Å². The van der Waals surface area contributed by atoms with Crippen LogP contribution in [0.5, 0.6) is 0 Å². The number of aliphatic carboxylic acids is 1. The zero-order chi connectivity index (χ0) is 10.8.